The lowest BCUT2D eigenvalue weighted by atomic mass is 9.68. The molecule has 0 aromatic heterocycles. The normalized spacial score (nSPS) is 45.2. The number of carbonyl (C=O) groups is 1. The minimum Gasteiger partial charge on any atom is -0.350 e. The Labute approximate surface area is 80.1 Å². The van der Waals surface area contributed by atoms with Crippen molar-refractivity contribution in [1.82, 2.24) is 5.32 Å². The fourth-order valence-corrected chi connectivity index (χ4v) is 2.89. The lowest BCUT2D eigenvalue weighted by Crippen LogP contribution is -2.58. The van der Waals surface area contributed by atoms with Gasteiger partial charge in [0.15, 0.2) is 0 Å². The topological polar surface area (TPSA) is 29.1 Å². The van der Waals surface area contributed by atoms with Gasteiger partial charge in [-0.05, 0) is 32.1 Å². The number of nitrogens with one attached hydrogen (secondary N) is 1. The van der Waals surface area contributed by atoms with E-state index in [4.69, 9.17) is 0 Å². The number of carbonyl (C=O) groups excluding carboxylic acids is 1. The summed E-state index contributed by atoms with van der Waals surface area (Å²) in [6, 6.07) is 0. The molecule has 2 fully saturated rings. The third kappa shape index (κ3) is 1.47. The average molecular weight is 181 g/mol. The number of amides is 1. The lowest BCUT2D eigenvalue weighted by molar-refractivity contribution is -0.132. The van der Waals surface area contributed by atoms with Crippen molar-refractivity contribution in [2.24, 2.45) is 11.8 Å². The Bertz CT molecular complexity index is 226. The van der Waals surface area contributed by atoms with Crippen LogP contribution in [0.15, 0.2) is 0 Å². The smallest absolute Gasteiger partial charge is 0.223 e. The van der Waals surface area contributed by atoms with Gasteiger partial charge in [-0.15, -0.1) is 0 Å². The summed E-state index contributed by atoms with van der Waals surface area (Å²) in [6.07, 6.45) is 6.21. The van der Waals surface area contributed by atoms with Crippen LogP contribution in [-0.2, 0) is 4.79 Å². The van der Waals surface area contributed by atoms with Crippen LogP contribution in [0.25, 0.3) is 0 Å². The van der Waals surface area contributed by atoms with Gasteiger partial charge in [-0.2, -0.15) is 0 Å². The summed E-state index contributed by atoms with van der Waals surface area (Å²) in [5, 5.41) is 3.21. The van der Waals surface area contributed by atoms with Crippen molar-refractivity contribution in [3.8, 4) is 0 Å². The molecule has 0 aromatic carbocycles. The van der Waals surface area contributed by atoms with Crippen LogP contribution < -0.4 is 5.32 Å². The van der Waals surface area contributed by atoms with Gasteiger partial charge in [0, 0.05) is 11.5 Å². The van der Waals surface area contributed by atoms with Crippen LogP contribution in [0, 0.1) is 11.8 Å². The summed E-state index contributed by atoms with van der Waals surface area (Å²) in [5.74, 6) is 1.23. The largest absolute Gasteiger partial charge is 0.350 e. The minimum absolute atomic E-state index is 0.127. The number of rotatable bonds is 0. The third-order valence-corrected chi connectivity index (χ3v) is 3.89. The van der Waals surface area contributed by atoms with E-state index < -0.39 is 0 Å². The highest BCUT2D eigenvalue weighted by atomic mass is 16.2. The Hall–Kier alpha value is -0.530. The molecule has 74 valence electrons. The quantitative estimate of drug-likeness (QED) is 0.609. The first-order valence-electron chi connectivity index (χ1n) is 5.44. The van der Waals surface area contributed by atoms with E-state index in [1.54, 1.807) is 0 Å². The molecule has 1 aliphatic heterocycles. The number of hydrogen-bond donors (Lipinski definition) is 1. The van der Waals surface area contributed by atoms with E-state index >= 15 is 0 Å². The molecule has 2 nitrogen and oxygen atoms in total. The average Bonchev–Trinajstić information content (AvgIpc) is 2.07. The number of fused-ring (bicyclic) bond motifs is 1. The molecule has 2 heteroatoms. The molecule has 1 heterocycles. The Balaban J connectivity index is 2.15. The van der Waals surface area contributed by atoms with Crippen LogP contribution in [0.5, 0.6) is 0 Å². The van der Waals surface area contributed by atoms with Crippen LogP contribution in [0.3, 0.4) is 0 Å². The van der Waals surface area contributed by atoms with Crippen LogP contribution in [-0.4, -0.2) is 11.4 Å². The van der Waals surface area contributed by atoms with E-state index in [0.717, 1.165) is 12.3 Å². The maximum absolute atomic E-state index is 11.5. The fourth-order valence-electron chi connectivity index (χ4n) is 2.89. The molecular weight excluding hydrogens is 162 g/mol. The van der Waals surface area contributed by atoms with Gasteiger partial charge in [0.25, 0.3) is 0 Å². The molecule has 0 spiro atoms. The number of hydrogen-bond acceptors (Lipinski definition) is 1. The molecule has 1 amide bonds. The van der Waals surface area contributed by atoms with Crippen molar-refractivity contribution >= 4 is 5.91 Å². The monoisotopic (exact) mass is 181 g/mol. The van der Waals surface area contributed by atoms with Gasteiger partial charge in [0.05, 0.1) is 0 Å². The zero-order valence-corrected chi connectivity index (χ0v) is 8.60. The number of piperidine rings is 1. The predicted octanol–water partition coefficient (Wildman–Crippen LogP) is 2.09. The maximum atomic E-state index is 11.5. The van der Waals surface area contributed by atoms with Gasteiger partial charge < -0.3 is 5.32 Å². The summed E-state index contributed by atoms with van der Waals surface area (Å²) in [7, 11) is 0. The highest BCUT2D eigenvalue weighted by Gasteiger charge is 2.43. The van der Waals surface area contributed by atoms with Crippen molar-refractivity contribution in [2.75, 3.05) is 0 Å². The van der Waals surface area contributed by atoms with E-state index in [1.165, 1.54) is 25.7 Å². The van der Waals surface area contributed by atoms with E-state index in [2.05, 4.69) is 12.2 Å². The van der Waals surface area contributed by atoms with Crippen molar-refractivity contribution in [1.29, 1.82) is 0 Å². The van der Waals surface area contributed by atoms with Gasteiger partial charge in [-0.25, -0.2) is 0 Å². The standard InChI is InChI=1S/C11H19NO/c1-8-7-9-5-3-4-6-11(9,2)12-10(8)13/h8-9H,3-7H2,1-2H3,(H,12,13)/t8?,9-,11-/m0/s1. The molecule has 1 unspecified atom stereocenters. The second-order valence-corrected chi connectivity index (χ2v) is 4.99. The summed E-state index contributed by atoms with van der Waals surface area (Å²) in [5.41, 5.74) is 0.127. The van der Waals surface area contributed by atoms with E-state index in [9.17, 15) is 4.79 Å². The zero-order chi connectivity index (χ0) is 9.47. The molecule has 0 bridgehead atoms. The van der Waals surface area contributed by atoms with Crippen LogP contribution in [0.2, 0.25) is 0 Å². The molecule has 1 saturated carbocycles. The van der Waals surface area contributed by atoms with E-state index in [-0.39, 0.29) is 17.4 Å². The van der Waals surface area contributed by atoms with Gasteiger partial charge >= 0.3 is 0 Å². The maximum Gasteiger partial charge on any atom is 0.223 e. The molecule has 0 radical (unpaired) electrons. The minimum atomic E-state index is 0.127. The molecule has 0 aromatic rings. The lowest BCUT2D eigenvalue weighted by Gasteiger charge is -2.47. The van der Waals surface area contributed by atoms with Gasteiger partial charge in [-0.1, -0.05) is 19.8 Å². The van der Waals surface area contributed by atoms with Crippen LogP contribution in [0.1, 0.15) is 46.0 Å². The first-order valence-corrected chi connectivity index (χ1v) is 5.44. The molecule has 1 N–H and O–H groups in total. The van der Waals surface area contributed by atoms with Gasteiger partial charge in [0.2, 0.25) is 5.91 Å². The molecule has 1 saturated heterocycles. The second-order valence-electron chi connectivity index (χ2n) is 4.99. The summed E-state index contributed by atoms with van der Waals surface area (Å²) >= 11 is 0. The Kier molecular flexibility index (Phi) is 2.09. The summed E-state index contributed by atoms with van der Waals surface area (Å²) in [4.78, 5) is 11.5. The highest BCUT2D eigenvalue weighted by Crippen LogP contribution is 2.40. The zero-order valence-electron chi connectivity index (χ0n) is 8.60. The Morgan fingerprint density at radius 2 is 2.23 bits per heavy atom. The SMILES string of the molecule is CC1C[C@@H]2CCCC[C@]2(C)NC1=O. The van der Waals surface area contributed by atoms with Gasteiger partial charge in [0.1, 0.15) is 0 Å². The Morgan fingerprint density at radius 3 is 3.00 bits per heavy atom. The first-order chi connectivity index (χ1) is 6.12. The fraction of sp³-hybridized carbons (Fsp3) is 0.909. The van der Waals surface area contributed by atoms with Crippen LogP contribution in [0.4, 0.5) is 0 Å². The first kappa shape index (κ1) is 9.04. The van der Waals surface area contributed by atoms with Gasteiger partial charge in [-0.3, -0.25) is 4.79 Å². The molecule has 3 atom stereocenters. The highest BCUT2D eigenvalue weighted by molar-refractivity contribution is 5.80. The van der Waals surface area contributed by atoms with Crippen molar-refractivity contribution < 1.29 is 4.79 Å². The molecule has 13 heavy (non-hydrogen) atoms. The van der Waals surface area contributed by atoms with Crippen molar-refractivity contribution in [3.63, 3.8) is 0 Å². The third-order valence-electron chi connectivity index (χ3n) is 3.89. The molecule has 2 rings (SSSR count). The predicted molar refractivity (Wildman–Crippen MR) is 52.3 cm³/mol. The molecule has 1 aliphatic carbocycles. The molecular formula is C11H19NO. The van der Waals surface area contributed by atoms with Crippen molar-refractivity contribution in [2.45, 2.75) is 51.5 Å². The Morgan fingerprint density at radius 1 is 1.46 bits per heavy atom. The molecule has 2 aliphatic rings. The van der Waals surface area contributed by atoms with E-state index in [0.29, 0.717) is 0 Å². The van der Waals surface area contributed by atoms with E-state index in [1.807, 2.05) is 6.92 Å². The second kappa shape index (κ2) is 3.00. The summed E-state index contributed by atoms with van der Waals surface area (Å²) < 4.78 is 0. The van der Waals surface area contributed by atoms with Crippen molar-refractivity contribution in [3.05, 3.63) is 0 Å². The summed E-state index contributed by atoms with van der Waals surface area (Å²) in [6.45, 7) is 4.27. The van der Waals surface area contributed by atoms with Crippen LogP contribution >= 0.6 is 0 Å².